The zero-order valence-electron chi connectivity index (χ0n) is 16.1. The summed E-state index contributed by atoms with van der Waals surface area (Å²) in [5.74, 6) is 0.565. The van der Waals surface area contributed by atoms with Gasteiger partial charge in [-0.15, -0.1) is 0 Å². The predicted molar refractivity (Wildman–Crippen MR) is 112 cm³/mol. The number of aromatic nitrogens is 2. The van der Waals surface area contributed by atoms with Crippen molar-refractivity contribution in [2.45, 2.75) is 20.8 Å². The Morgan fingerprint density at radius 2 is 1.71 bits per heavy atom. The van der Waals surface area contributed by atoms with Crippen molar-refractivity contribution in [2.75, 3.05) is 17.7 Å². The highest BCUT2D eigenvalue weighted by Gasteiger charge is 2.13. The SMILES string of the molecule is COc1cc(Cl)c(C)cc1NC(=O)c1cnc(Nc2ccc(C)c(C)c2)nc1. The van der Waals surface area contributed by atoms with Crippen LogP contribution in [0, 0.1) is 20.8 Å². The highest BCUT2D eigenvalue weighted by Crippen LogP contribution is 2.31. The van der Waals surface area contributed by atoms with Gasteiger partial charge in [0.1, 0.15) is 5.75 Å². The van der Waals surface area contributed by atoms with Gasteiger partial charge in [0.25, 0.3) is 5.91 Å². The number of hydrogen-bond donors (Lipinski definition) is 2. The van der Waals surface area contributed by atoms with Crippen LogP contribution in [0.4, 0.5) is 17.3 Å². The zero-order valence-corrected chi connectivity index (χ0v) is 16.9. The quantitative estimate of drug-likeness (QED) is 0.630. The van der Waals surface area contributed by atoms with E-state index in [9.17, 15) is 4.79 Å². The van der Waals surface area contributed by atoms with Gasteiger partial charge in [-0.2, -0.15) is 0 Å². The molecule has 0 saturated heterocycles. The second-order valence-corrected chi connectivity index (χ2v) is 6.88. The van der Waals surface area contributed by atoms with Gasteiger partial charge in [-0.3, -0.25) is 4.79 Å². The van der Waals surface area contributed by atoms with Gasteiger partial charge in [0, 0.05) is 29.2 Å². The summed E-state index contributed by atoms with van der Waals surface area (Å²) in [6.45, 7) is 5.95. The fourth-order valence-corrected chi connectivity index (χ4v) is 2.74. The van der Waals surface area contributed by atoms with Crippen LogP contribution in [0.25, 0.3) is 0 Å². The number of benzene rings is 2. The largest absolute Gasteiger partial charge is 0.495 e. The van der Waals surface area contributed by atoms with Crippen molar-refractivity contribution in [1.82, 2.24) is 9.97 Å². The fourth-order valence-electron chi connectivity index (χ4n) is 2.58. The van der Waals surface area contributed by atoms with Crippen molar-refractivity contribution in [3.8, 4) is 5.75 Å². The number of carbonyl (C=O) groups excluding carboxylic acids is 1. The minimum Gasteiger partial charge on any atom is -0.495 e. The van der Waals surface area contributed by atoms with E-state index in [0.29, 0.717) is 28.0 Å². The number of hydrogen-bond acceptors (Lipinski definition) is 5. The third kappa shape index (κ3) is 4.40. The molecule has 0 fully saturated rings. The van der Waals surface area contributed by atoms with E-state index in [2.05, 4.69) is 27.5 Å². The van der Waals surface area contributed by atoms with Gasteiger partial charge in [0.15, 0.2) is 0 Å². The van der Waals surface area contributed by atoms with Crippen molar-refractivity contribution >= 4 is 34.8 Å². The molecule has 0 aliphatic rings. The first-order valence-corrected chi connectivity index (χ1v) is 9.07. The molecule has 0 radical (unpaired) electrons. The Morgan fingerprint density at radius 1 is 1.00 bits per heavy atom. The van der Waals surface area contributed by atoms with Crippen molar-refractivity contribution in [2.24, 2.45) is 0 Å². The molecule has 0 spiro atoms. The normalized spacial score (nSPS) is 10.5. The molecule has 0 atom stereocenters. The molecule has 7 heteroatoms. The molecule has 1 aromatic heterocycles. The van der Waals surface area contributed by atoms with Crippen molar-refractivity contribution < 1.29 is 9.53 Å². The Kier molecular flexibility index (Phi) is 5.80. The monoisotopic (exact) mass is 396 g/mol. The smallest absolute Gasteiger partial charge is 0.258 e. The third-order valence-corrected chi connectivity index (χ3v) is 4.81. The van der Waals surface area contributed by atoms with Crippen molar-refractivity contribution in [3.05, 3.63) is 70.0 Å². The number of aryl methyl sites for hydroxylation is 3. The minimum absolute atomic E-state index is 0.334. The van der Waals surface area contributed by atoms with Gasteiger partial charge < -0.3 is 15.4 Å². The Balaban J connectivity index is 1.73. The molecular weight excluding hydrogens is 376 g/mol. The van der Waals surface area contributed by atoms with E-state index in [1.165, 1.54) is 30.6 Å². The maximum atomic E-state index is 12.5. The summed E-state index contributed by atoms with van der Waals surface area (Å²) >= 11 is 6.10. The molecule has 0 unspecified atom stereocenters. The summed E-state index contributed by atoms with van der Waals surface area (Å²) in [7, 11) is 1.52. The van der Waals surface area contributed by atoms with E-state index in [4.69, 9.17) is 16.3 Å². The lowest BCUT2D eigenvalue weighted by molar-refractivity contribution is 0.102. The van der Waals surface area contributed by atoms with Crippen molar-refractivity contribution in [1.29, 1.82) is 0 Å². The Morgan fingerprint density at radius 3 is 2.36 bits per heavy atom. The maximum Gasteiger partial charge on any atom is 0.258 e. The first-order valence-electron chi connectivity index (χ1n) is 8.69. The number of nitrogens with one attached hydrogen (secondary N) is 2. The van der Waals surface area contributed by atoms with E-state index in [1.54, 1.807) is 12.1 Å². The van der Waals surface area contributed by atoms with Crippen LogP contribution < -0.4 is 15.4 Å². The van der Waals surface area contributed by atoms with Crippen LogP contribution in [0.3, 0.4) is 0 Å². The number of methoxy groups -OCH3 is 1. The molecule has 2 aromatic carbocycles. The highest BCUT2D eigenvalue weighted by molar-refractivity contribution is 6.31. The molecule has 28 heavy (non-hydrogen) atoms. The third-order valence-electron chi connectivity index (χ3n) is 4.41. The molecule has 2 N–H and O–H groups in total. The molecule has 144 valence electrons. The van der Waals surface area contributed by atoms with Gasteiger partial charge in [-0.05, 0) is 55.7 Å². The Labute approximate surface area is 168 Å². The van der Waals surface area contributed by atoms with Crippen molar-refractivity contribution in [3.63, 3.8) is 0 Å². The van der Waals surface area contributed by atoms with Crippen LogP contribution in [0.15, 0.2) is 42.7 Å². The van der Waals surface area contributed by atoms with Crippen LogP contribution in [0.2, 0.25) is 5.02 Å². The van der Waals surface area contributed by atoms with E-state index in [0.717, 1.165) is 11.3 Å². The van der Waals surface area contributed by atoms with Gasteiger partial charge in [-0.25, -0.2) is 9.97 Å². The summed E-state index contributed by atoms with van der Waals surface area (Å²) in [6, 6.07) is 9.44. The summed E-state index contributed by atoms with van der Waals surface area (Å²) in [6.07, 6.45) is 2.95. The fraction of sp³-hybridized carbons (Fsp3) is 0.190. The summed E-state index contributed by atoms with van der Waals surface area (Å²) < 4.78 is 5.28. The number of nitrogens with zero attached hydrogens (tertiary/aromatic N) is 2. The van der Waals surface area contributed by atoms with Crippen LogP contribution in [-0.4, -0.2) is 23.0 Å². The Hall–Kier alpha value is -3.12. The summed E-state index contributed by atoms with van der Waals surface area (Å²) in [5, 5.41) is 6.51. The molecular formula is C21H21ClN4O2. The van der Waals surface area contributed by atoms with E-state index < -0.39 is 0 Å². The molecule has 3 rings (SSSR count). The predicted octanol–water partition coefficient (Wildman–Crippen LogP) is 5.06. The average molecular weight is 397 g/mol. The molecule has 3 aromatic rings. The second kappa shape index (κ2) is 8.27. The van der Waals surface area contributed by atoms with E-state index in [-0.39, 0.29) is 5.91 Å². The highest BCUT2D eigenvalue weighted by atomic mass is 35.5. The molecule has 0 bridgehead atoms. The number of ether oxygens (including phenoxy) is 1. The molecule has 0 aliphatic carbocycles. The number of anilines is 3. The lowest BCUT2D eigenvalue weighted by Crippen LogP contribution is -2.14. The summed E-state index contributed by atoms with van der Waals surface area (Å²) in [5.41, 5.74) is 4.98. The average Bonchev–Trinajstić information content (AvgIpc) is 2.68. The second-order valence-electron chi connectivity index (χ2n) is 6.48. The number of halogens is 1. The number of amides is 1. The molecule has 6 nitrogen and oxygen atoms in total. The van der Waals surface area contributed by atoms with Crippen LogP contribution >= 0.6 is 11.6 Å². The first-order chi connectivity index (χ1) is 13.4. The van der Waals surface area contributed by atoms with Gasteiger partial charge in [0.05, 0.1) is 18.4 Å². The van der Waals surface area contributed by atoms with Gasteiger partial charge in [-0.1, -0.05) is 17.7 Å². The van der Waals surface area contributed by atoms with Gasteiger partial charge >= 0.3 is 0 Å². The van der Waals surface area contributed by atoms with Crippen LogP contribution in [-0.2, 0) is 0 Å². The summed E-state index contributed by atoms with van der Waals surface area (Å²) in [4.78, 5) is 21.0. The molecule has 0 saturated carbocycles. The van der Waals surface area contributed by atoms with Gasteiger partial charge in [0.2, 0.25) is 5.95 Å². The van der Waals surface area contributed by atoms with Crippen LogP contribution in [0.1, 0.15) is 27.0 Å². The molecule has 1 amide bonds. The van der Waals surface area contributed by atoms with E-state index in [1.807, 2.05) is 32.0 Å². The Bertz CT molecular complexity index is 1020. The minimum atomic E-state index is -0.335. The van der Waals surface area contributed by atoms with E-state index >= 15 is 0 Å². The topological polar surface area (TPSA) is 76.1 Å². The maximum absolute atomic E-state index is 12.5. The zero-order chi connectivity index (χ0) is 20.3. The standard InChI is InChI=1S/C21H21ClN4O2/c1-12-5-6-16(7-13(12)2)25-21-23-10-15(11-24-21)20(27)26-18-8-14(3)17(22)9-19(18)28-4/h5-11H,1-4H3,(H,26,27)(H,23,24,25). The number of carbonyl (C=O) groups is 1. The number of rotatable bonds is 5. The molecule has 0 aliphatic heterocycles. The lowest BCUT2D eigenvalue weighted by Gasteiger charge is -2.12. The first kappa shape index (κ1) is 19.6. The molecule has 1 heterocycles. The lowest BCUT2D eigenvalue weighted by atomic mass is 10.1. The van der Waals surface area contributed by atoms with Crippen LogP contribution in [0.5, 0.6) is 5.75 Å².